The first-order chi connectivity index (χ1) is 13.0. The van der Waals surface area contributed by atoms with Crippen LogP contribution < -0.4 is 30.6 Å². The molecule has 3 rings (SSSR count). The minimum absolute atomic E-state index is 0.144. The molecule has 0 atom stereocenters. The fourth-order valence-electron chi connectivity index (χ4n) is 2.39. The number of anilines is 1. The third kappa shape index (κ3) is 4.66. The highest BCUT2D eigenvalue weighted by Crippen LogP contribution is 2.32. The third-order valence-corrected chi connectivity index (χ3v) is 3.56. The molecule has 140 valence electrons. The van der Waals surface area contributed by atoms with Gasteiger partial charge in [-0.05, 0) is 24.3 Å². The second-order valence-electron chi connectivity index (χ2n) is 5.51. The molecule has 0 saturated heterocycles. The zero-order chi connectivity index (χ0) is 19.2. The quantitative estimate of drug-likeness (QED) is 0.726. The lowest BCUT2D eigenvalue weighted by molar-refractivity contribution is -0.121. The van der Waals surface area contributed by atoms with Crippen LogP contribution in [0.4, 0.5) is 10.5 Å². The highest BCUT2D eigenvalue weighted by Gasteiger charge is 2.15. The van der Waals surface area contributed by atoms with Crippen LogP contribution in [0.15, 0.2) is 42.5 Å². The van der Waals surface area contributed by atoms with Gasteiger partial charge in [0.25, 0.3) is 11.8 Å². The molecule has 4 N–H and O–H groups in total. The van der Waals surface area contributed by atoms with Gasteiger partial charge in [-0.15, -0.1) is 0 Å². The summed E-state index contributed by atoms with van der Waals surface area (Å²) in [5.74, 6) is -0.111. The van der Waals surface area contributed by atoms with E-state index in [1.54, 1.807) is 30.3 Å². The number of imide groups is 1. The van der Waals surface area contributed by atoms with Crippen LogP contribution in [0.5, 0.6) is 17.2 Å². The van der Waals surface area contributed by atoms with Gasteiger partial charge in [0.1, 0.15) is 19.0 Å². The van der Waals surface area contributed by atoms with Gasteiger partial charge < -0.3 is 25.3 Å². The van der Waals surface area contributed by atoms with Crippen LogP contribution in [0.25, 0.3) is 0 Å². The van der Waals surface area contributed by atoms with Crippen molar-refractivity contribution in [1.82, 2.24) is 5.32 Å². The van der Waals surface area contributed by atoms with Crippen molar-refractivity contribution in [3.63, 3.8) is 0 Å². The minimum Gasteiger partial charge on any atom is -0.486 e. The lowest BCUT2D eigenvalue weighted by atomic mass is 10.2. The van der Waals surface area contributed by atoms with Crippen molar-refractivity contribution < 1.29 is 28.6 Å². The number of carbonyl (C=O) groups excluding carboxylic acids is 3. The molecule has 0 spiro atoms. The van der Waals surface area contributed by atoms with Crippen LogP contribution in [-0.2, 0) is 4.79 Å². The molecule has 0 aliphatic carbocycles. The first-order valence-electron chi connectivity index (χ1n) is 8.05. The summed E-state index contributed by atoms with van der Waals surface area (Å²) in [5.41, 5.74) is 5.81. The molecule has 2 aromatic rings. The number of rotatable bonds is 5. The van der Waals surface area contributed by atoms with Crippen LogP contribution in [-0.4, -0.2) is 37.7 Å². The predicted molar refractivity (Wildman–Crippen MR) is 95.0 cm³/mol. The molecular weight excluding hydrogens is 354 g/mol. The van der Waals surface area contributed by atoms with Crippen molar-refractivity contribution in [2.24, 2.45) is 5.73 Å². The summed E-state index contributed by atoms with van der Waals surface area (Å²) >= 11 is 0. The summed E-state index contributed by atoms with van der Waals surface area (Å²) in [6.45, 7) is 0.428. The molecule has 2 aromatic carbocycles. The third-order valence-electron chi connectivity index (χ3n) is 3.56. The monoisotopic (exact) mass is 371 g/mol. The maximum atomic E-state index is 11.9. The Morgan fingerprint density at radius 3 is 2.56 bits per heavy atom. The lowest BCUT2D eigenvalue weighted by Crippen LogP contribution is -2.37. The number of nitrogens with two attached hydrogens (primary N) is 1. The van der Waals surface area contributed by atoms with Gasteiger partial charge in [-0.25, -0.2) is 4.79 Å². The van der Waals surface area contributed by atoms with Crippen LogP contribution in [0.2, 0.25) is 0 Å². The van der Waals surface area contributed by atoms with Gasteiger partial charge in [0, 0.05) is 11.8 Å². The Morgan fingerprint density at radius 2 is 1.78 bits per heavy atom. The Labute approximate surface area is 154 Å². The second kappa shape index (κ2) is 8.09. The standard InChI is InChI=1S/C18H17N3O6/c19-17(23)12-3-1-2-4-13(12)27-10-16(22)21-18(24)20-11-5-6-14-15(9-11)26-8-7-25-14/h1-6,9H,7-8,10H2,(H2,19,23)(H2,20,21,22,24). The van der Waals surface area contributed by atoms with Gasteiger partial charge in [0.05, 0.1) is 5.56 Å². The largest absolute Gasteiger partial charge is 0.486 e. The predicted octanol–water partition coefficient (Wildman–Crippen LogP) is 1.28. The zero-order valence-corrected chi connectivity index (χ0v) is 14.2. The molecule has 0 saturated carbocycles. The molecular formula is C18H17N3O6. The van der Waals surface area contributed by atoms with Crippen LogP contribution in [0, 0.1) is 0 Å². The maximum Gasteiger partial charge on any atom is 0.325 e. The Bertz CT molecular complexity index is 883. The van der Waals surface area contributed by atoms with E-state index in [4.69, 9.17) is 19.9 Å². The van der Waals surface area contributed by atoms with Crippen molar-refractivity contribution in [3.8, 4) is 17.2 Å². The number of hydrogen-bond acceptors (Lipinski definition) is 6. The van der Waals surface area contributed by atoms with Crippen LogP contribution >= 0.6 is 0 Å². The van der Waals surface area contributed by atoms with E-state index in [0.717, 1.165) is 0 Å². The first-order valence-corrected chi connectivity index (χ1v) is 8.05. The van der Waals surface area contributed by atoms with Crippen molar-refractivity contribution in [1.29, 1.82) is 0 Å². The van der Waals surface area contributed by atoms with Crippen molar-refractivity contribution >= 4 is 23.5 Å². The van der Waals surface area contributed by atoms with E-state index < -0.39 is 24.5 Å². The van der Waals surface area contributed by atoms with Gasteiger partial charge in [0.15, 0.2) is 18.1 Å². The summed E-state index contributed by atoms with van der Waals surface area (Å²) in [6, 6.07) is 10.4. The van der Waals surface area contributed by atoms with Gasteiger partial charge in [-0.2, -0.15) is 0 Å². The molecule has 0 bridgehead atoms. The molecule has 9 heteroatoms. The molecule has 0 aromatic heterocycles. The molecule has 0 fully saturated rings. The molecule has 1 aliphatic heterocycles. The number of fused-ring (bicyclic) bond motifs is 1. The highest BCUT2D eigenvalue weighted by molar-refractivity contribution is 6.02. The number of amides is 4. The van der Waals surface area contributed by atoms with Crippen molar-refractivity contribution in [2.45, 2.75) is 0 Å². The van der Waals surface area contributed by atoms with Crippen LogP contribution in [0.3, 0.4) is 0 Å². The second-order valence-corrected chi connectivity index (χ2v) is 5.51. The van der Waals surface area contributed by atoms with Crippen molar-refractivity contribution in [3.05, 3.63) is 48.0 Å². The molecule has 0 radical (unpaired) electrons. The Balaban J connectivity index is 1.52. The first kappa shape index (κ1) is 18.1. The van der Waals surface area contributed by atoms with E-state index in [0.29, 0.717) is 30.4 Å². The smallest absolute Gasteiger partial charge is 0.325 e. The van der Waals surface area contributed by atoms with Crippen molar-refractivity contribution in [2.75, 3.05) is 25.1 Å². The summed E-state index contributed by atoms with van der Waals surface area (Å²) in [4.78, 5) is 35.1. The summed E-state index contributed by atoms with van der Waals surface area (Å²) in [5, 5.41) is 4.64. The van der Waals surface area contributed by atoms with E-state index in [9.17, 15) is 14.4 Å². The fraction of sp³-hybridized carbons (Fsp3) is 0.167. The molecule has 9 nitrogen and oxygen atoms in total. The lowest BCUT2D eigenvalue weighted by Gasteiger charge is -2.19. The number of ether oxygens (including phenoxy) is 3. The molecule has 1 heterocycles. The van der Waals surface area contributed by atoms with E-state index in [-0.39, 0.29) is 11.3 Å². The van der Waals surface area contributed by atoms with Gasteiger partial charge in [0.2, 0.25) is 0 Å². The Kier molecular flexibility index (Phi) is 5.41. The number of hydrogen-bond donors (Lipinski definition) is 3. The number of primary amides is 1. The molecule has 4 amide bonds. The average molecular weight is 371 g/mol. The number of para-hydroxylation sites is 1. The zero-order valence-electron chi connectivity index (χ0n) is 14.2. The van der Waals surface area contributed by atoms with E-state index in [2.05, 4.69) is 10.6 Å². The Hall–Kier alpha value is -3.75. The normalized spacial score (nSPS) is 12.0. The van der Waals surface area contributed by atoms with Gasteiger partial charge in [-0.3, -0.25) is 14.9 Å². The fourth-order valence-corrected chi connectivity index (χ4v) is 2.39. The van der Waals surface area contributed by atoms with Gasteiger partial charge >= 0.3 is 6.03 Å². The summed E-state index contributed by atoms with van der Waals surface area (Å²) < 4.78 is 16.1. The number of urea groups is 1. The van der Waals surface area contributed by atoms with Crippen LogP contribution in [0.1, 0.15) is 10.4 Å². The average Bonchev–Trinajstić information content (AvgIpc) is 2.66. The molecule has 1 aliphatic rings. The molecule has 0 unspecified atom stereocenters. The van der Waals surface area contributed by atoms with E-state index >= 15 is 0 Å². The minimum atomic E-state index is -0.733. The Morgan fingerprint density at radius 1 is 1.04 bits per heavy atom. The maximum absolute atomic E-state index is 11.9. The molecule has 27 heavy (non-hydrogen) atoms. The number of carbonyl (C=O) groups is 3. The topological polar surface area (TPSA) is 129 Å². The van der Waals surface area contributed by atoms with Gasteiger partial charge in [-0.1, -0.05) is 12.1 Å². The van der Waals surface area contributed by atoms with E-state index in [1.165, 1.54) is 12.1 Å². The SMILES string of the molecule is NC(=O)c1ccccc1OCC(=O)NC(=O)Nc1ccc2c(c1)OCCO2. The number of benzene rings is 2. The number of nitrogens with one attached hydrogen (secondary N) is 2. The van der Waals surface area contributed by atoms with E-state index in [1.807, 2.05) is 0 Å². The summed E-state index contributed by atoms with van der Waals surface area (Å²) in [7, 11) is 0. The highest BCUT2D eigenvalue weighted by atomic mass is 16.6. The summed E-state index contributed by atoms with van der Waals surface area (Å²) in [6.07, 6.45) is 0.